The molecule has 3 aromatic rings. The predicted molar refractivity (Wildman–Crippen MR) is 95.6 cm³/mol. The molecule has 1 aromatic heterocycles. The molecule has 122 valence electrons. The van der Waals surface area contributed by atoms with Gasteiger partial charge in [-0.25, -0.2) is 0 Å². The third kappa shape index (κ3) is 3.60. The van der Waals surface area contributed by atoms with E-state index in [0.29, 0.717) is 16.3 Å². The van der Waals surface area contributed by atoms with Crippen LogP contribution in [0.1, 0.15) is 21.5 Å². The molecule has 0 bridgehead atoms. The van der Waals surface area contributed by atoms with Gasteiger partial charge < -0.3 is 5.73 Å². The minimum absolute atomic E-state index is 0.426. The van der Waals surface area contributed by atoms with Crippen LogP contribution in [0.2, 0.25) is 5.02 Å². The van der Waals surface area contributed by atoms with Crippen molar-refractivity contribution in [2.75, 3.05) is 0 Å². The normalized spacial score (nSPS) is 10.8. The van der Waals surface area contributed by atoms with Gasteiger partial charge >= 0.3 is 0 Å². The minimum Gasteiger partial charge on any atom is -0.366 e. The van der Waals surface area contributed by atoms with E-state index >= 15 is 0 Å². The fourth-order valence-corrected chi connectivity index (χ4v) is 3.20. The summed E-state index contributed by atoms with van der Waals surface area (Å²) in [6.07, 6.45) is 1.67. The van der Waals surface area contributed by atoms with Gasteiger partial charge in [0, 0.05) is 16.3 Å². The molecular formula is C17H15ClN4OS. The fraction of sp³-hybridized carbons (Fsp3) is 0.118. The van der Waals surface area contributed by atoms with E-state index in [2.05, 4.69) is 10.2 Å². The lowest BCUT2D eigenvalue weighted by molar-refractivity contribution is 0.100. The number of thioether (sulfide) groups is 1. The number of halogens is 1. The van der Waals surface area contributed by atoms with E-state index in [1.54, 1.807) is 30.2 Å². The Hall–Kier alpha value is -2.31. The van der Waals surface area contributed by atoms with Crippen LogP contribution in [0.25, 0.3) is 5.69 Å². The maximum atomic E-state index is 11.1. The van der Waals surface area contributed by atoms with Crippen molar-refractivity contribution in [1.82, 2.24) is 14.8 Å². The molecule has 0 aliphatic carbocycles. The predicted octanol–water partition coefficient (Wildman–Crippen LogP) is 3.62. The number of benzene rings is 2. The number of amides is 1. The number of aromatic nitrogens is 3. The van der Waals surface area contributed by atoms with Crippen molar-refractivity contribution in [3.05, 3.63) is 70.5 Å². The van der Waals surface area contributed by atoms with Crippen LogP contribution in [0.5, 0.6) is 0 Å². The van der Waals surface area contributed by atoms with Gasteiger partial charge in [-0.15, -0.1) is 10.2 Å². The Morgan fingerprint density at radius 2 is 2.00 bits per heavy atom. The van der Waals surface area contributed by atoms with Crippen LogP contribution in [0.15, 0.2) is 53.9 Å². The number of primary amides is 1. The number of nitrogens with two attached hydrogens (primary N) is 1. The van der Waals surface area contributed by atoms with Gasteiger partial charge in [0.15, 0.2) is 5.16 Å². The van der Waals surface area contributed by atoms with Gasteiger partial charge in [0.1, 0.15) is 6.33 Å². The zero-order chi connectivity index (χ0) is 17.1. The molecule has 5 nitrogen and oxygen atoms in total. The Bertz CT molecular complexity index is 877. The molecule has 7 heteroatoms. The summed E-state index contributed by atoms with van der Waals surface area (Å²) in [4.78, 5) is 11.1. The second kappa shape index (κ2) is 7.07. The van der Waals surface area contributed by atoms with E-state index in [1.807, 2.05) is 41.8 Å². The number of hydrogen-bond acceptors (Lipinski definition) is 4. The van der Waals surface area contributed by atoms with E-state index in [-0.39, 0.29) is 0 Å². The third-order valence-electron chi connectivity index (χ3n) is 3.56. The summed E-state index contributed by atoms with van der Waals surface area (Å²) in [6.45, 7) is 1.96. The van der Waals surface area contributed by atoms with Crippen LogP contribution in [-0.2, 0) is 5.75 Å². The van der Waals surface area contributed by atoms with Crippen molar-refractivity contribution in [3.63, 3.8) is 0 Å². The maximum Gasteiger partial charge on any atom is 0.248 e. The number of aryl methyl sites for hydroxylation is 1. The number of carbonyl (C=O) groups is 1. The van der Waals surface area contributed by atoms with Crippen LogP contribution < -0.4 is 5.73 Å². The van der Waals surface area contributed by atoms with Crippen molar-refractivity contribution < 1.29 is 4.79 Å². The minimum atomic E-state index is -0.426. The topological polar surface area (TPSA) is 73.8 Å². The Kier molecular flexibility index (Phi) is 4.87. The lowest BCUT2D eigenvalue weighted by atomic mass is 10.1. The van der Waals surface area contributed by atoms with E-state index in [9.17, 15) is 4.79 Å². The number of nitrogens with zero attached hydrogens (tertiary/aromatic N) is 3. The highest BCUT2D eigenvalue weighted by Gasteiger charge is 2.09. The molecule has 3 rings (SSSR count). The van der Waals surface area contributed by atoms with Gasteiger partial charge in [-0.2, -0.15) is 0 Å². The average molecular weight is 359 g/mol. The Labute approximate surface area is 148 Å². The maximum absolute atomic E-state index is 11.1. The van der Waals surface area contributed by atoms with E-state index in [0.717, 1.165) is 22.0 Å². The second-order valence-electron chi connectivity index (χ2n) is 5.27. The van der Waals surface area contributed by atoms with Crippen LogP contribution in [0.3, 0.4) is 0 Å². The monoisotopic (exact) mass is 358 g/mol. The Balaban J connectivity index is 1.76. The molecule has 0 radical (unpaired) electrons. The van der Waals surface area contributed by atoms with E-state index in [1.165, 1.54) is 0 Å². The molecule has 0 unspecified atom stereocenters. The van der Waals surface area contributed by atoms with E-state index < -0.39 is 5.91 Å². The molecule has 0 atom stereocenters. The molecular weight excluding hydrogens is 344 g/mol. The highest BCUT2D eigenvalue weighted by Crippen LogP contribution is 2.26. The van der Waals surface area contributed by atoms with Gasteiger partial charge in [-0.1, -0.05) is 41.6 Å². The van der Waals surface area contributed by atoms with Crippen LogP contribution in [-0.4, -0.2) is 20.7 Å². The first-order chi connectivity index (χ1) is 11.5. The summed E-state index contributed by atoms with van der Waals surface area (Å²) < 4.78 is 1.90. The highest BCUT2D eigenvalue weighted by molar-refractivity contribution is 7.98. The molecule has 2 N–H and O–H groups in total. The summed E-state index contributed by atoms with van der Waals surface area (Å²) in [7, 11) is 0. The van der Waals surface area contributed by atoms with Crippen molar-refractivity contribution in [1.29, 1.82) is 0 Å². The summed E-state index contributed by atoms with van der Waals surface area (Å²) in [5.74, 6) is 0.280. The van der Waals surface area contributed by atoms with Crippen LogP contribution >= 0.6 is 23.4 Å². The molecule has 2 aromatic carbocycles. The lowest BCUT2D eigenvalue weighted by Gasteiger charge is -2.08. The molecule has 1 amide bonds. The largest absolute Gasteiger partial charge is 0.366 e. The Morgan fingerprint density at radius 3 is 2.67 bits per heavy atom. The number of hydrogen-bond donors (Lipinski definition) is 1. The summed E-state index contributed by atoms with van der Waals surface area (Å²) in [6, 6.07) is 13.1. The molecule has 0 aliphatic rings. The zero-order valence-electron chi connectivity index (χ0n) is 12.9. The summed E-state index contributed by atoms with van der Waals surface area (Å²) >= 11 is 7.75. The zero-order valence-corrected chi connectivity index (χ0v) is 14.5. The molecule has 0 aliphatic heterocycles. The molecule has 0 fully saturated rings. The van der Waals surface area contributed by atoms with Gasteiger partial charge in [-0.3, -0.25) is 9.36 Å². The van der Waals surface area contributed by atoms with E-state index in [4.69, 9.17) is 17.3 Å². The number of carbonyl (C=O) groups excluding carboxylic acids is 1. The van der Waals surface area contributed by atoms with Crippen molar-refractivity contribution in [2.45, 2.75) is 17.8 Å². The van der Waals surface area contributed by atoms with Crippen LogP contribution in [0.4, 0.5) is 0 Å². The fourth-order valence-electron chi connectivity index (χ4n) is 2.14. The van der Waals surface area contributed by atoms with Crippen molar-refractivity contribution in [2.24, 2.45) is 5.73 Å². The SMILES string of the molecule is Cc1ccc(-n2cnnc2SCc2ccc(C(N)=O)cc2)cc1Cl. The Morgan fingerprint density at radius 1 is 1.25 bits per heavy atom. The molecule has 0 spiro atoms. The highest BCUT2D eigenvalue weighted by atomic mass is 35.5. The summed E-state index contributed by atoms with van der Waals surface area (Å²) in [5.41, 5.74) is 8.76. The summed E-state index contributed by atoms with van der Waals surface area (Å²) in [5, 5.41) is 9.63. The van der Waals surface area contributed by atoms with Gasteiger partial charge in [-0.05, 0) is 42.3 Å². The van der Waals surface area contributed by atoms with Crippen molar-refractivity contribution >= 4 is 29.3 Å². The standard InChI is InChI=1S/C17H15ClN4OS/c1-11-2-7-14(8-15(11)18)22-10-20-21-17(22)24-9-12-3-5-13(6-4-12)16(19)23/h2-8,10H,9H2,1H3,(H2,19,23). The smallest absolute Gasteiger partial charge is 0.248 e. The lowest BCUT2D eigenvalue weighted by Crippen LogP contribution is -2.10. The first kappa shape index (κ1) is 16.5. The van der Waals surface area contributed by atoms with Gasteiger partial charge in [0.05, 0.1) is 5.69 Å². The molecule has 24 heavy (non-hydrogen) atoms. The molecule has 0 saturated carbocycles. The third-order valence-corrected chi connectivity index (χ3v) is 4.98. The van der Waals surface area contributed by atoms with Gasteiger partial charge in [0.25, 0.3) is 0 Å². The van der Waals surface area contributed by atoms with Crippen molar-refractivity contribution in [3.8, 4) is 5.69 Å². The van der Waals surface area contributed by atoms with Crippen LogP contribution in [0, 0.1) is 6.92 Å². The first-order valence-corrected chi connectivity index (χ1v) is 8.59. The average Bonchev–Trinajstić information content (AvgIpc) is 3.04. The first-order valence-electron chi connectivity index (χ1n) is 7.22. The number of rotatable bonds is 5. The quantitative estimate of drug-likeness (QED) is 0.707. The van der Waals surface area contributed by atoms with Gasteiger partial charge in [0.2, 0.25) is 5.91 Å². The molecule has 0 saturated heterocycles. The second-order valence-corrected chi connectivity index (χ2v) is 6.62. The molecule has 1 heterocycles.